The van der Waals surface area contributed by atoms with Crippen LogP contribution in [0.25, 0.3) is 11.1 Å². The molecule has 0 spiro atoms. The minimum Gasteiger partial charge on any atom is -0.495 e. The second-order valence-corrected chi connectivity index (χ2v) is 4.05. The fourth-order valence-electron chi connectivity index (χ4n) is 1.78. The highest BCUT2D eigenvalue weighted by Crippen LogP contribution is 2.35. The maximum absolute atomic E-state index is 11.3. The number of hydrogen-bond acceptors (Lipinski definition) is 2. The van der Waals surface area contributed by atoms with E-state index in [2.05, 4.69) is 0 Å². The van der Waals surface area contributed by atoms with E-state index in [1.54, 1.807) is 12.1 Å². The molecule has 0 saturated heterocycles. The zero-order chi connectivity index (χ0) is 13.1. The summed E-state index contributed by atoms with van der Waals surface area (Å²) in [6.45, 7) is 0. The molecule has 2 rings (SSSR count). The highest BCUT2D eigenvalue weighted by Gasteiger charge is 2.19. The maximum Gasteiger partial charge on any atom is 0.337 e. The Labute approximate surface area is 110 Å². The molecule has 0 fully saturated rings. The summed E-state index contributed by atoms with van der Waals surface area (Å²) < 4.78 is 5.03. The van der Waals surface area contributed by atoms with Crippen molar-refractivity contribution in [2.75, 3.05) is 7.11 Å². The van der Waals surface area contributed by atoms with E-state index in [1.807, 2.05) is 30.3 Å². The molecule has 1 N–H and O–H groups in total. The summed E-state index contributed by atoms with van der Waals surface area (Å²) in [4.78, 5) is 11.3. The topological polar surface area (TPSA) is 46.5 Å². The summed E-state index contributed by atoms with van der Waals surface area (Å²) in [7, 11) is 1.45. The fourth-order valence-corrected chi connectivity index (χ4v) is 2.10. The van der Waals surface area contributed by atoms with Crippen LogP contribution in [0.2, 0.25) is 5.02 Å². The third kappa shape index (κ3) is 2.17. The number of halogens is 1. The van der Waals surface area contributed by atoms with Crippen molar-refractivity contribution in [2.45, 2.75) is 0 Å². The molecular weight excluding hydrogens is 252 g/mol. The molecule has 0 aromatic heterocycles. The first-order valence-electron chi connectivity index (χ1n) is 5.30. The van der Waals surface area contributed by atoms with Gasteiger partial charge in [0.25, 0.3) is 0 Å². The predicted octanol–water partition coefficient (Wildman–Crippen LogP) is 3.71. The van der Waals surface area contributed by atoms with E-state index in [0.717, 1.165) is 5.56 Å². The number of rotatable bonds is 3. The van der Waals surface area contributed by atoms with Crippen molar-refractivity contribution < 1.29 is 14.6 Å². The van der Waals surface area contributed by atoms with Crippen molar-refractivity contribution >= 4 is 17.6 Å². The lowest BCUT2D eigenvalue weighted by Gasteiger charge is -2.11. The molecule has 0 aliphatic rings. The van der Waals surface area contributed by atoms with Crippen LogP contribution in [0.3, 0.4) is 0 Å². The number of benzene rings is 2. The van der Waals surface area contributed by atoms with E-state index in [1.165, 1.54) is 7.11 Å². The Bertz CT molecular complexity index is 579. The molecule has 0 radical (unpaired) electrons. The van der Waals surface area contributed by atoms with Gasteiger partial charge in [-0.25, -0.2) is 4.79 Å². The Morgan fingerprint density at radius 1 is 1.17 bits per heavy atom. The predicted molar refractivity (Wildman–Crippen MR) is 70.4 cm³/mol. The summed E-state index contributed by atoms with van der Waals surface area (Å²) in [5.74, 6) is -0.716. The molecule has 0 aliphatic heterocycles. The van der Waals surface area contributed by atoms with Gasteiger partial charge >= 0.3 is 5.97 Å². The van der Waals surface area contributed by atoms with Gasteiger partial charge in [-0.15, -0.1) is 0 Å². The van der Waals surface area contributed by atoms with Gasteiger partial charge in [0.15, 0.2) is 0 Å². The minimum absolute atomic E-state index is 0.0576. The first-order chi connectivity index (χ1) is 8.65. The van der Waals surface area contributed by atoms with E-state index in [9.17, 15) is 9.90 Å². The standard InChI is InChI=1S/C14H11ClO3/c1-18-11-8-7-10(9-5-3-2-4-6-9)12(13(11)15)14(16)17/h2-8H,1H3,(H,16,17). The SMILES string of the molecule is COc1ccc(-c2ccccc2)c(C(=O)O)c1Cl. The highest BCUT2D eigenvalue weighted by atomic mass is 35.5. The first kappa shape index (κ1) is 12.5. The zero-order valence-corrected chi connectivity index (χ0v) is 10.4. The van der Waals surface area contributed by atoms with Gasteiger partial charge in [0.05, 0.1) is 17.7 Å². The normalized spacial score (nSPS) is 10.1. The van der Waals surface area contributed by atoms with Gasteiger partial charge in [-0.3, -0.25) is 0 Å². The van der Waals surface area contributed by atoms with Crippen molar-refractivity contribution in [3.05, 3.63) is 53.1 Å². The Morgan fingerprint density at radius 3 is 2.39 bits per heavy atom. The summed E-state index contributed by atoms with van der Waals surface area (Å²) in [6.07, 6.45) is 0. The molecule has 0 amide bonds. The minimum atomic E-state index is -1.07. The molecule has 0 bridgehead atoms. The van der Waals surface area contributed by atoms with Gasteiger partial charge in [0.1, 0.15) is 5.75 Å². The largest absolute Gasteiger partial charge is 0.495 e. The van der Waals surface area contributed by atoms with Crippen LogP contribution in [0.4, 0.5) is 0 Å². The van der Waals surface area contributed by atoms with Crippen LogP contribution >= 0.6 is 11.6 Å². The van der Waals surface area contributed by atoms with E-state index < -0.39 is 5.97 Å². The monoisotopic (exact) mass is 262 g/mol. The number of methoxy groups -OCH3 is 1. The average molecular weight is 263 g/mol. The van der Waals surface area contributed by atoms with Crippen LogP contribution in [-0.2, 0) is 0 Å². The summed E-state index contributed by atoms with van der Waals surface area (Å²) >= 11 is 6.05. The summed E-state index contributed by atoms with van der Waals surface area (Å²) in [6, 6.07) is 12.6. The number of ether oxygens (including phenoxy) is 1. The average Bonchev–Trinajstić information content (AvgIpc) is 2.39. The molecule has 0 atom stereocenters. The van der Waals surface area contributed by atoms with E-state index in [0.29, 0.717) is 11.3 Å². The van der Waals surface area contributed by atoms with Gasteiger partial charge in [-0.1, -0.05) is 41.9 Å². The van der Waals surface area contributed by atoms with Crippen LogP contribution < -0.4 is 4.74 Å². The van der Waals surface area contributed by atoms with Crippen molar-refractivity contribution in [1.82, 2.24) is 0 Å². The van der Waals surface area contributed by atoms with Gasteiger partial charge in [-0.05, 0) is 23.3 Å². The number of carboxylic acids is 1. The molecule has 18 heavy (non-hydrogen) atoms. The Hall–Kier alpha value is -2.00. The molecule has 4 heteroatoms. The number of carbonyl (C=O) groups is 1. The lowest BCUT2D eigenvalue weighted by Crippen LogP contribution is -2.02. The quantitative estimate of drug-likeness (QED) is 0.917. The van der Waals surface area contributed by atoms with Gasteiger partial charge in [0.2, 0.25) is 0 Å². The van der Waals surface area contributed by atoms with Crippen molar-refractivity contribution in [1.29, 1.82) is 0 Å². The Morgan fingerprint density at radius 2 is 1.83 bits per heavy atom. The number of hydrogen-bond donors (Lipinski definition) is 1. The van der Waals surface area contributed by atoms with Crippen LogP contribution in [-0.4, -0.2) is 18.2 Å². The highest BCUT2D eigenvalue weighted by molar-refractivity contribution is 6.35. The Balaban J connectivity index is 2.69. The van der Waals surface area contributed by atoms with E-state index >= 15 is 0 Å². The molecular formula is C14H11ClO3. The molecule has 92 valence electrons. The van der Waals surface area contributed by atoms with Crippen molar-refractivity contribution in [3.63, 3.8) is 0 Å². The molecule has 2 aromatic rings. The van der Waals surface area contributed by atoms with Gasteiger partial charge < -0.3 is 9.84 Å². The lowest BCUT2D eigenvalue weighted by atomic mass is 9.99. The molecule has 0 heterocycles. The third-order valence-corrected chi connectivity index (χ3v) is 3.00. The van der Waals surface area contributed by atoms with Crippen molar-refractivity contribution in [3.8, 4) is 16.9 Å². The van der Waals surface area contributed by atoms with Crippen LogP contribution in [0.15, 0.2) is 42.5 Å². The second kappa shape index (κ2) is 5.10. The van der Waals surface area contributed by atoms with Gasteiger partial charge in [-0.2, -0.15) is 0 Å². The lowest BCUT2D eigenvalue weighted by molar-refractivity contribution is 0.0697. The number of carboxylic acid groups (broad SMARTS) is 1. The zero-order valence-electron chi connectivity index (χ0n) is 9.68. The van der Waals surface area contributed by atoms with Gasteiger partial charge in [0, 0.05) is 0 Å². The number of aromatic carboxylic acids is 1. The molecule has 2 aromatic carbocycles. The molecule has 0 unspecified atom stereocenters. The Kier molecular flexibility index (Phi) is 3.53. The molecule has 0 saturated carbocycles. The molecule has 0 aliphatic carbocycles. The smallest absolute Gasteiger partial charge is 0.337 e. The maximum atomic E-state index is 11.3. The third-order valence-electron chi connectivity index (χ3n) is 2.63. The van der Waals surface area contributed by atoms with Crippen LogP contribution in [0.1, 0.15) is 10.4 Å². The van der Waals surface area contributed by atoms with Crippen molar-refractivity contribution in [2.24, 2.45) is 0 Å². The van der Waals surface area contributed by atoms with Crippen LogP contribution in [0.5, 0.6) is 5.75 Å². The van der Waals surface area contributed by atoms with E-state index in [-0.39, 0.29) is 10.6 Å². The second-order valence-electron chi connectivity index (χ2n) is 3.68. The van der Waals surface area contributed by atoms with E-state index in [4.69, 9.17) is 16.3 Å². The molecule has 3 nitrogen and oxygen atoms in total. The summed E-state index contributed by atoms with van der Waals surface area (Å²) in [5, 5.41) is 9.40. The fraction of sp³-hybridized carbons (Fsp3) is 0.0714. The first-order valence-corrected chi connectivity index (χ1v) is 5.68. The summed E-state index contributed by atoms with van der Waals surface area (Å²) in [5.41, 5.74) is 1.44. The van der Waals surface area contributed by atoms with Crippen LogP contribution in [0, 0.1) is 0 Å².